The van der Waals surface area contributed by atoms with Crippen LogP contribution in [-0.2, 0) is 20.9 Å². The highest BCUT2D eigenvalue weighted by Crippen LogP contribution is 2.24. The van der Waals surface area contributed by atoms with Crippen molar-refractivity contribution in [2.75, 3.05) is 30.0 Å². The molecule has 2 amide bonds. The molecule has 7 nitrogen and oxygen atoms in total. The minimum absolute atomic E-state index is 0.125. The van der Waals surface area contributed by atoms with Gasteiger partial charge in [-0.15, -0.1) is 23.1 Å². The second kappa shape index (κ2) is 12.1. The van der Waals surface area contributed by atoms with Crippen molar-refractivity contribution in [2.24, 2.45) is 4.99 Å². The number of fused-ring (bicyclic) bond motifs is 1. The third-order valence-electron chi connectivity index (χ3n) is 4.75. The Labute approximate surface area is 209 Å². The van der Waals surface area contributed by atoms with Crippen LogP contribution in [-0.4, -0.2) is 46.1 Å². The van der Waals surface area contributed by atoms with Gasteiger partial charge in [0.1, 0.15) is 0 Å². The molecule has 2 heterocycles. The fraction of sp³-hybridized carbons (Fsp3) is 0.250. The van der Waals surface area contributed by atoms with E-state index in [4.69, 9.17) is 4.74 Å². The Morgan fingerprint density at radius 1 is 1.12 bits per heavy atom. The van der Waals surface area contributed by atoms with E-state index >= 15 is 0 Å². The van der Waals surface area contributed by atoms with Gasteiger partial charge in [-0.25, -0.2) is 4.98 Å². The zero-order valence-electron chi connectivity index (χ0n) is 18.6. The molecule has 1 N–H and O–H groups in total. The van der Waals surface area contributed by atoms with Gasteiger partial charge in [-0.3, -0.25) is 9.59 Å². The van der Waals surface area contributed by atoms with Crippen molar-refractivity contribution in [2.45, 2.75) is 13.5 Å². The number of para-hydroxylation sites is 1. The third-order valence-corrected chi connectivity index (χ3v) is 7.49. The number of thiazole rings is 2. The number of amides is 2. The summed E-state index contributed by atoms with van der Waals surface area (Å²) in [4.78, 5) is 34.2. The molecule has 2 aromatic heterocycles. The van der Waals surface area contributed by atoms with E-state index in [1.54, 1.807) is 0 Å². The van der Waals surface area contributed by atoms with E-state index < -0.39 is 0 Å². The van der Waals surface area contributed by atoms with Gasteiger partial charge in [0.2, 0.25) is 5.91 Å². The van der Waals surface area contributed by atoms with E-state index in [9.17, 15) is 9.59 Å². The molecule has 2 aromatic carbocycles. The van der Waals surface area contributed by atoms with E-state index in [0.717, 1.165) is 21.5 Å². The quantitative estimate of drug-likeness (QED) is 0.312. The highest BCUT2D eigenvalue weighted by Gasteiger charge is 2.11. The average molecular weight is 513 g/mol. The summed E-state index contributed by atoms with van der Waals surface area (Å²) in [5.41, 5.74) is 2.85. The number of thioether (sulfide) groups is 1. The van der Waals surface area contributed by atoms with Crippen molar-refractivity contribution in [3.8, 4) is 11.3 Å². The molecule has 0 bridgehead atoms. The van der Waals surface area contributed by atoms with Crippen molar-refractivity contribution in [3.05, 3.63) is 64.8 Å². The summed E-state index contributed by atoms with van der Waals surface area (Å²) in [6.07, 6.45) is 0. The molecule has 4 aromatic rings. The number of nitrogens with zero attached hydrogens (tertiary/aromatic N) is 3. The molecule has 0 saturated heterocycles. The van der Waals surface area contributed by atoms with Gasteiger partial charge in [-0.1, -0.05) is 53.8 Å². The molecule has 0 aliphatic heterocycles. The molecule has 4 rings (SSSR count). The Bertz CT molecular complexity index is 1330. The molecule has 0 atom stereocenters. The minimum atomic E-state index is -0.268. The molecule has 0 fully saturated rings. The van der Waals surface area contributed by atoms with Gasteiger partial charge < -0.3 is 14.6 Å². The van der Waals surface area contributed by atoms with Gasteiger partial charge in [0.25, 0.3) is 5.91 Å². The zero-order valence-corrected chi connectivity index (χ0v) is 21.0. The van der Waals surface area contributed by atoms with Crippen molar-refractivity contribution in [1.29, 1.82) is 0 Å². The lowest BCUT2D eigenvalue weighted by Gasteiger charge is -2.05. The van der Waals surface area contributed by atoms with Gasteiger partial charge >= 0.3 is 0 Å². The molecule has 0 aliphatic carbocycles. The first-order valence-electron chi connectivity index (χ1n) is 10.8. The Morgan fingerprint density at radius 2 is 1.91 bits per heavy atom. The highest BCUT2D eigenvalue weighted by atomic mass is 32.2. The summed E-state index contributed by atoms with van der Waals surface area (Å²) in [6, 6.07) is 17.8. The van der Waals surface area contributed by atoms with E-state index in [2.05, 4.69) is 15.3 Å². The fourth-order valence-electron chi connectivity index (χ4n) is 3.22. The van der Waals surface area contributed by atoms with Crippen molar-refractivity contribution in [1.82, 2.24) is 9.55 Å². The smallest absolute Gasteiger partial charge is 0.258 e. The maximum absolute atomic E-state index is 12.5. The monoisotopic (exact) mass is 512 g/mol. The van der Waals surface area contributed by atoms with Crippen molar-refractivity contribution in [3.63, 3.8) is 0 Å². The van der Waals surface area contributed by atoms with Crippen LogP contribution in [0.15, 0.2) is 65.0 Å². The Morgan fingerprint density at radius 3 is 2.74 bits per heavy atom. The number of rotatable bonds is 10. The molecule has 34 heavy (non-hydrogen) atoms. The number of nitrogens with one attached hydrogen (secondary N) is 1. The number of ether oxygens (including phenoxy) is 1. The number of aromatic nitrogens is 2. The van der Waals surface area contributed by atoms with E-state index in [1.807, 2.05) is 71.5 Å². The highest BCUT2D eigenvalue weighted by molar-refractivity contribution is 8.00. The number of hydrogen-bond acceptors (Lipinski definition) is 7. The maximum atomic E-state index is 12.5. The van der Waals surface area contributed by atoms with Crippen LogP contribution in [0.4, 0.5) is 5.13 Å². The first-order valence-corrected chi connectivity index (χ1v) is 13.6. The van der Waals surface area contributed by atoms with Gasteiger partial charge in [-0.2, -0.15) is 4.99 Å². The summed E-state index contributed by atoms with van der Waals surface area (Å²) in [6.45, 7) is 3.77. The molecule has 176 valence electrons. The largest absolute Gasteiger partial charge is 0.380 e. The maximum Gasteiger partial charge on any atom is 0.258 e. The Hall–Kier alpha value is -2.79. The number of carbonyl (C=O) groups is 2. The predicted octanol–water partition coefficient (Wildman–Crippen LogP) is 4.66. The van der Waals surface area contributed by atoms with E-state index in [-0.39, 0.29) is 23.3 Å². The number of anilines is 1. The first kappa shape index (κ1) is 24.3. The predicted molar refractivity (Wildman–Crippen MR) is 140 cm³/mol. The topological polar surface area (TPSA) is 85.6 Å². The van der Waals surface area contributed by atoms with Crippen LogP contribution in [0.5, 0.6) is 0 Å². The summed E-state index contributed by atoms with van der Waals surface area (Å²) in [5, 5.41) is 5.25. The SMILES string of the molecule is CCOCCn1c(=NC(=O)CSCC(=O)Nc2nc(-c3ccccc3)cs2)sc2ccccc21. The van der Waals surface area contributed by atoms with Crippen molar-refractivity contribution < 1.29 is 14.3 Å². The molecule has 0 radical (unpaired) electrons. The molecule has 0 aliphatic rings. The Balaban J connectivity index is 1.33. The average Bonchev–Trinajstić information content (AvgIpc) is 3.44. The van der Waals surface area contributed by atoms with Crippen LogP contribution in [0.1, 0.15) is 6.92 Å². The van der Waals surface area contributed by atoms with Crippen molar-refractivity contribution >= 4 is 61.6 Å². The first-order chi connectivity index (χ1) is 16.6. The molecular weight excluding hydrogens is 488 g/mol. The molecule has 10 heteroatoms. The normalized spacial score (nSPS) is 11.7. The summed E-state index contributed by atoms with van der Waals surface area (Å²) >= 11 is 4.09. The lowest BCUT2D eigenvalue weighted by molar-refractivity contribution is -0.115. The van der Waals surface area contributed by atoms with E-state index in [0.29, 0.717) is 29.7 Å². The van der Waals surface area contributed by atoms with E-state index in [1.165, 1.54) is 34.4 Å². The summed E-state index contributed by atoms with van der Waals surface area (Å²) in [5.74, 6) is -0.186. The van der Waals surface area contributed by atoms with Crippen LogP contribution < -0.4 is 10.1 Å². The third kappa shape index (κ3) is 6.41. The van der Waals surface area contributed by atoms with Gasteiger partial charge in [-0.05, 0) is 19.1 Å². The number of hydrogen-bond donors (Lipinski definition) is 1. The lowest BCUT2D eigenvalue weighted by atomic mass is 10.2. The summed E-state index contributed by atoms with van der Waals surface area (Å²) in [7, 11) is 0. The second-order valence-electron chi connectivity index (χ2n) is 7.15. The second-order valence-corrected chi connectivity index (χ2v) is 10.0. The van der Waals surface area contributed by atoms with Gasteiger partial charge in [0, 0.05) is 24.1 Å². The number of carbonyl (C=O) groups excluding carboxylic acids is 2. The van der Waals surface area contributed by atoms with Crippen LogP contribution >= 0.6 is 34.4 Å². The zero-order chi connectivity index (χ0) is 23.8. The van der Waals surface area contributed by atoms with Crippen LogP contribution in [0, 0.1) is 0 Å². The fourth-order valence-corrected chi connectivity index (χ4v) is 5.63. The molecular formula is C24H24N4O3S3. The number of benzene rings is 2. The molecule has 0 saturated carbocycles. The molecule has 0 unspecified atom stereocenters. The molecule has 0 spiro atoms. The van der Waals surface area contributed by atoms with Crippen LogP contribution in [0.2, 0.25) is 0 Å². The van der Waals surface area contributed by atoms with Gasteiger partial charge in [0.15, 0.2) is 9.93 Å². The lowest BCUT2D eigenvalue weighted by Crippen LogP contribution is -2.20. The Kier molecular flexibility index (Phi) is 8.64. The standard InChI is InChI=1S/C24H24N4O3S3/c1-2-31-13-12-28-19-10-6-7-11-20(19)34-24(28)27-22(30)16-32-15-21(29)26-23-25-18(14-33-23)17-8-4-3-5-9-17/h3-11,14H,2,12-13,15-16H2,1H3,(H,25,26,29). The van der Waals surface area contributed by atoms with Gasteiger partial charge in [0.05, 0.1) is 34.0 Å². The van der Waals surface area contributed by atoms with Crippen LogP contribution in [0.25, 0.3) is 21.5 Å². The summed E-state index contributed by atoms with van der Waals surface area (Å²) < 4.78 is 8.56. The minimum Gasteiger partial charge on any atom is -0.380 e. The van der Waals surface area contributed by atoms with Crippen LogP contribution in [0.3, 0.4) is 0 Å².